The number of likely N-dealkylation sites (tertiary alicyclic amines) is 1. The smallest absolute Gasteiger partial charge is 0.308 e. The number of aliphatic carboxylic acids is 1. The first kappa shape index (κ1) is 30.3. The van der Waals surface area contributed by atoms with Gasteiger partial charge in [-0.3, -0.25) is 14.5 Å². The molecule has 3 N–H and O–H groups in total. The number of carboxylic acid groups (broad SMARTS) is 1. The van der Waals surface area contributed by atoms with Crippen LogP contribution in [0.2, 0.25) is 0 Å². The van der Waals surface area contributed by atoms with Gasteiger partial charge in [0.25, 0.3) is 0 Å². The van der Waals surface area contributed by atoms with Gasteiger partial charge in [-0.05, 0) is 54.7 Å². The summed E-state index contributed by atoms with van der Waals surface area (Å²) in [5, 5.41) is 10.5. The van der Waals surface area contributed by atoms with Crippen molar-refractivity contribution in [3.05, 3.63) is 53.6 Å². The van der Waals surface area contributed by atoms with E-state index in [1.165, 1.54) is 4.31 Å². The Kier molecular flexibility index (Phi) is 9.36. The first-order valence-electron chi connectivity index (χ1n) is 14.7. The van der Waals surface area contributed by atoms with E-state index >= 15 is 0 Å². The summed E-state index contributed by atoms with van der Waals surface area (Å²) in [7, 11) is -3.34. The first-order chi connectivity index (χ1) is 20.2. The molecule has 0 bridgehead atoms. The Morgan fingerprint density at radius 1 is 1.14 bits per heavy atom. The highest BCUT2D eigenvalue weighted by Crippen LogP contribution is 2.43. The van der Waals surface area contributed by atoms with Crippen molar-refractivity contribution in [1.29, 1.82) is 0 Å². The third-order valence-electron chi connectivity index (χ3n) is 8.57. The van der Waals surface area contributed by atoms with Gasteiger partial charge < -0.3 is 25.2 Å². The quantitative estimate of drug-likeness (QED) is 0.376. The van der Waals surface area contributed by atoms with Crippen molar-refractivity contribution in [2.24, 2.45) is 11.7 Å². The monoisotopic (exact) mass is 600 g/mol. The molecule has 12 heteroatoms. The minimum atomic E-state index is -3.34. The number of amides is 1. The van der Waals surface area contributed by atoms with E-state index in [1.807, 2.05) is 41.3 Å². The normalized spacial score (nSPS) is 23.3. The molecule has 0 spiro atoms. The van der Waals surface area contributed by atoms with Crippen molar-refractivity contribution in [3.8, 4) is 11.5 Å². The van der Waals surface area contributed by atoms with Crippen molar-refractivity contribution in [2.45, 2.75) is 51.1 Å². The Labute approximate surface area is 247 Å². The lowest BCUT2D eigenvalue weighted by molar-refractivity contribution is -0.143. The Morgan fingerprint density at radius 2 is 1.95 bits per heavy atom. The van der Waals surface area contributed by atoms with Crippen molar-refractivity contribution in [1.82, 2.24) is 9.21 Å². The number of ether oxygens (including phenoxy) is 2. The Hall–Kier alpha value is -3.19. The predicted octanol–water partition coefficient (Wildman–Crippen LogP) is 2.60. The van der Waals surface area contributed by atoms with E-state index in [-0.39, 0.29) is 31.5 Å². The van der Waals surface area contributed by atoms with Crippen LogP contribution >= 0.6 is 0 Å². The third-order valence-corrected chi connectivity index (χ3v) is 10.5. The summed E-state index contributed by atoms with van der Waals surface area (Å²) >= 11 is 0. The summed E-state index contributed by atoms with van der Waals surface area (Å²) in [6, 6.07) is 12.5. The second kappa shape index (κ2) is 13.0. The van der Waals surface area contributed by atoms with Gasteiger partial charge in [0.15, 0.2) is 11.5 Å². The fourth-order valence-electron chi connectivity index (χ4n) is 6.38. The fourth-order valence-corrected chi connectivity index (χ4v) is 7.92. The average Bonchev–Trinajstić information content (AvgIpc) is 3.68. The van der Waals surface area contributed by atoms with Crippen LogP contribution in [0.1, 0.15) is 49.7 Å². The summed E-state index contributed by atoms with van der Waals surface area (Å²) < 4.78 is 37.5. The number of rotatable bonds is 12. The molecule has 5 rings (SSSR count). The van der Waals surface area contributed by atoms with Crippen LogP contribution in [0.3, 0.4) is 0 Å². The number of carbonyl (C=O) groups excluding carboxylic acids is 1. The standard InChI is InChI=1S/C30H40N4O7S/c1-2-3-12-34(23-7-4-6-21(15-23)17-31)28(35)19-32-18-24(22-8-9-26-27(16-22)41-20-40-26)29(30(36)37)25(32)10-13-33-11-5-14-42(33,38)39/h4,6-9,15-16,24-25,29H,2-3,5,10-14,17-20,31H2,1H3,(H,36,37)/t24-,25+,29-/m1/s1. The van der Waals surface area contributed by atoms with E-state index in [2.05, 4.69) is 6.92 Å². The summed E-state index contributed by atoms with van der Waals surface area (Å²) in [6.07, 6.45) is 2.59. The number of nitrogens with zero attached hydrogens (tertiary/aromatic N) is 3. The molecule has 2 saturated heterocycles. The van der Waals surface area contributed by atoms with E-state index in [0.717, 1.165) is 29.7 Å². The second-order valence-electron chi connectivity index (χ2n) is 11.2. The molecule has 42 heavy (non-hydrogen) atoms. The largest absolute Gasteiger partial charge is 0.481 e. The van der Waals surface area contributed by atoms with Gasteiger partial charge in [-0.15, -0.1) is 0 Å². The second-order valence-corrected chi connectivity index (χ2v) is 13.3. The van der Waals surface area contributed by atoms with Crippen LogP contribution in [0.4, 0.5) is 5.69 Å². The molecular weight excluding hydrogens is 560 g/mol. The number of carboxylic acids is 1. The lowest BCUT2D eigenvalue weighted by Crippen LogP contribution is -2.45. The van der Waals surface area contributed by atoms with Crippen LogP contribution in [0, 0.1) is 5.92 Å². The lowest BCUT2D eigenvalue weighted by atomic mass is 9.84. The van der Waals surface area contributed by atoms with Crippen LogP contribution < -0.4 is 20.1 Å². The van der Waals surface area contributed by atoms with Crippen LogP contribution in [0.5, 0.6) is 11.5 Å². The van der Waals surface area contributed by atoms with E-state index in [0.29, 0.717) is 50.5 Å². The summed E-state index contributed by atoms with van der Waals surface area (Å²) in [6.45, 7) is 4.06. The minimum Gasteiger partial charge on any atom is -0.481 e. The van der Waals surface area contributed by atoms with Crippen LogP contribution in [0.15, 0.2) is 42.5 Å². The van der Waals surface area contributed by atoms with E-state index < -0.39 is 33.9 Å². The number of benzene rings is 2. The van der Waals surface area contributed by atoms with E-state index in [9.17, 15) is 23.1 Å². The molecule has 3 aliphatic heterocycles. The molecule has 0 radical (unpaired) electrons. The first-order valence-corrected chi connectivity index (χ1v) is 16.3. The van der Waals surface area contributed by atoms with Crippen LogP contribution in [-0.2, 0) is 26.2 Å². The maximum Gasteiger partial charge on any atom is 0.308 e. The number of sulfonamides is 1. The van der Waals surface area contributed by atoms with Gasteiger partial charge in [0.05, 0.1) is 18.2 Å². The summed E-state index contributed by atoms with van der Waals surface area (Å²) in [5.41, 5.74) is 8.34. The van der Waals surface area contributed by atoms with Gasteiger partial charge in [0, 0.05) is 50.4 Å². The maximum absolute atomic E-state index is 14.0. The highest BCUT2D eigenvalue weighted by Gasteiger charge is 2.48. The number of unbranched alkanes of at least 4 members (excludes halogenated alkanes) is 1. The van der Waals surface area contributed by atoms with Gasteiger partial charge in [-0.25, -0.2) is 12.7 Å². The Morgan fingerprint density at radius 3 is 2.67 bits per heavy atom. The topological polar surface area (TPSA) is 143 Å². The van der Waals surface area contributed by atoms with Gasteiger partial charge in [0.2, 0.25) is 22.7 Å². The molecule has 3 atom stereocenters. The zero-order valence-corrected chi connectivity index (χ0v) is 24.8. The molecule has 0 aromatic heterocycles. The molecule has 3 heterocycles. The van der Waals surface area contributed by atoms with Crippen LogP contribution in [-0.4, -0.2) is 85.9 Å². The van der Waals surface area contributed by atoms with Crippen LogP contribution in [0.25, 0.3) is 0 Å². The summed E-state index contributed by atoms with van der Waals surface area (Å²) in [4.78, 5) is 30.5. The number of anilines is 1. The molecule has 3 aliphatic rings. The minimum absolute atomic E-state index is 0.0127. The van der Waals surface area contributed by atoms with Gasteiger partial charge in [-0.2, -0.15) is 0 Å². The number of hydrogen-bond acceptors (Lipinski definition) is 8. The highest BCUT2D eigenvalue weighted by atomic mass is 32.2. The van der Waals surface area contributed by atoms with E-state index in [4.69, 9.17) is 15.2 Å². The number of carbonyl (C=O) groups is 2. The summed E-state index contributed by atoms with van der Waals surface area (Å²) in [5.74, 6) is -1.08. The molecule has 0 saturated carbocycles. The van der Waals surface area contributed by atoms with Gasteiger partial charge >= 0.3 is 5.97 Å². The van der Waals surface area contributed by atoms with Gasteiger partial charge in [0.1, 0.15) is 0 Å². The predicted molar refractivity (Wildman–Crippen MR) is 158 cm³/mol. The zero-order valence-electron chi connectivity index (χ0n) is 24.0. The van der Waals surface area contributed by atoms with Crippen molar-refractivity contribution < 1.29 is 32.6 Å². The lowest BCUT2D eigenvalue weighted by Gasteiger charge is -2.30. The average molecular weight is 601 g/mol. The highest BCUT2D eigenvalue weighted by molar-refractivity contribution is 7.89. The molecule has 0 aliphatic carbocycles. The molecule has 2 fully saturated rings. The van der Waals surface area contributed by atoms with Gasteiger partial charge in [-0.1, -0.05) is 31.5 Å². The van der Waals surface area contributed by atoms with Crippen molar-refractivity contribution in [3.63, 3.8) is 0 Å². The molecule has 228 valence electrons. The molecule has 2 aromatic carbocycles. The number of fused-ring (bicyclic) bond motifs is 1. The van der Waals surface area contributed by atoms with E-state index in [1.54, 1.807) is 11.0 Å². The number of hydrogen-bond donors (Lipinski definition) is 2. The molecule has 1 amide bonds. The fraction of sp³-hybridized carbons (Fsp3) is 0.533. The van der Waals surface area contributed by atoms with Crippen molar-refractivity contribution in [2.75, 3.05) is 50.2 Å². The third kappa shape index (κ3) is 6.41. The van der Waals surface area contributed by atoms with Crippen molar-refractivity contribution >= 4 is 27.6 Å². The maximum atomic E-state index is 14.0. The SMILES string of the molecule is CCCCN(C(=O)CN1C[C@H](c2ccc3c(c2)OCO3)[C@@H](C(=O)O)[C@@H]1CCN1CCCS1(=O)=O)c1cccc(CN)c1. The molecule has 2 aromatic rings. The molecular formula is C30H40N4O7S. The molecule has 0 unspecified atom stereocenters. The zero-order chi connectivity index (χ0) is 29.9. The number of nitrogens with two attached hydrogens (primary N) is 1. The Bertz CT molecular complexity index is 1400. The Balaban J connectivity index is 1.44. The molecule has 11 nitrogen and oxygen atoms in total.